The highest BCUT2D eigenvalue weighted by Crippen LogP contribution is 2.21. The summed E-state index contributed by atoms with van der Waals surface area (Å²) in [6.07, 6.45) is 3.92. The van der Waals surface area contributed by atoms with Gasteiger partial charge in [0, 0.05) is 36.7 Å². The molecule has 1 aromatic heterocycles. The summed E-state index contributed by atoms with van der Waals surface area (Å²) in [7, 11) is 0. The van der Waals surface area contributed by atoms with E-state index in [0.29, 0.717) is 5.92 Å². The fourth-order valence-electron chi connectivity index (χ4n) is 2.52. The molecular weight excluding hydrogens is 276 g/mol. The molecule has 0 saturated carbocycles. The summed E-state index contributed by atoms with van der Waals surface area (Å²) in [6, 6.07) is 2.15. The van der Waals surface area contributed by atoms with Gasteiger partial charge in [0.05, 0.1) is 0 Å². The number of hydrogen-bond donors (Lipinski definition) is 1. The second-order valence-corrected chi connectivity index (χ2v) is 7.44. The van der Waals surface area contributed by atoms with E-state index in [2.05, 4.69) is 34.0 Å². The molecule has 2 heterocycles. The van der Waals surface area contributed by atoms with Crippen molar-refractivity contribution in [3.05, 3.63) is 18.1 Å². The number of nitrogens with zero attached hydrogens (tertiary/aromatic N) is 3. The van der Waals surface area contributed by atoms with Gasteiger partial charge in [-0.3, -0.25) is 4.79 Å². The van der Waals surface area contributed by atoms with E-state index in [-0.39, 0.29) is 17.4 Å². The highest BCUT2D eigenvalue weighted by Gasteiger charge is 2.27. The van der Waals surface area contributed by atoms with Gasteiger partial charge < -0.3 is 10.2 Å². The van der Waals surface area contributed by atoms with Gasteiger partial charge in [-0.05, 0) is 18.9 Å². The van der Waals surface area contributed by atoms with Crippen molar-refractivity contribution in [3.63, 3.8) is 0 Å². The number of hydrogen-bond acceptors (Lipinski definition) is 4. The Bertz CT molecular complexity index is 522. The number of aromatic nitrogens is 2. The number of rotatable bonds is 3. The summed E-state index contributed by atoms with van der Waals surface area (Å²) < 4.78 is 0. The molecule has 1 N–H and O–H groups in total. The predicted octanol–water partition coefficient (Wildman–Crippen LogP) is 2.73. The Hall–Kier alpha value is -1.65. The van der Waals surface area contributed by atoms with Crippen LogP contribution in [0, 0.1) is 5.41 Å². The number of anilines is 1. The van der Waals surface area contributed by atoms with Crippen LogP contribution in [0.5, 0.6) is 0 Å². The highest BCUT2D eigenvalue weighted by atomic mass is 16.2. The van der Waals surface area contributed by atoms with E-state index in [4.69, 9.17) is 0 Å². The molecule has 1 aliphatic heterocycles. The first kappa shape index (κ1) is 16.7. The molecule has 0 bridgehead atoms. The molecule has 0 spiro atoms. The third kappa shape index (κ3) is 4.18. The van der Waals surface area contributed by atoms with Crippen LogP contribution in [-0.2, 0) is 4.79 Å². The molecule has 5 nitrogen and oxygen atoms in total. The van der Waals surface area contributed by atoms with Crippen molar-refractivity contribution in [3.8, 4) is 0 Å². The summed E-state index contributed by atoms with van der Waals surface area (Å²) in [5.74, 6) is 2.28. The Kier molecular flexibility index (Phi) is 5.04. The molecule has 5 heteroatoms. The van der Waals surface area contributed by atoms with Gasteiger partial charge in [-0.2, -0.15) is 0 Å². The van der Waals surface area contributed by atoms with E-state index in [0.717, 1.165) is 37.6 Å². The molecule has 22 heavy (non-hydrogen) atoms. The van der Waals surface area contributed by atoms with Crippen LogP contribution < -0.4 is 10.2 Å². The van der Waals surface area contributed by atoms with Gasteiger partial charge in [-0.15, -0.1) is 0 Å². The monoisotopic (exact) mass is 304 g/mol. The maximum Gasteiger partial charge on any atom is 0.225 e. The van der Waals surface area contributed by atoms with Crippen LogP contribution in [0.2, 0.25) is 0 Å². The number of nitrogens with one attached hydrogen (secondary N) is 1. The molecule has 122 valence electrons. The third-order valence-corrected chi connectivity index (χ3v) is 3.94. The van der Waals surface area contributed by atoms with Gasteiger partial charge in [0.15, 0.2) is 0 Å². The first-order valence-corrected chi connectivity index (χ1v) is 8.16. The lowest BCUT2D eigenvalue weighted by Crippen LogP contribution is -2.50. The zero-order valence-electron chi connectivity index (χ0n) is 14.4. The molecule has 0 radical (unpaired) electrons. The molecular formula is C17H28N4O. The zero-order chi connectivity index (χ0) is 16.3. The summed E-state index contributed by atoms with van der Waals surface area (Å²) in [6.45, 7) is 11.8. The van der Waals surface area contributed by atoms with Crippen molar-refractivity contribution < 1.29 is 4.79 Å². The van der Waals surface area contributed by atoms with Crippen LogP contribution in [-0.4, -0.2) is 35.0 Å². The van der Waals surface area contributed by atoms with Crippen molar-refractivity contribution in [2.45, 2.75) is 59.4 Å². The van der Waals surface area contributed by atoms with Gasteiger partial charge in [0.1, 0.15) is 11.6 Å². The molecule has 1 fully saturated rings. The van der Waals surface area contributed by atoms with Gasteiger partial charge in [-0.25, -0.2) is 9.97 Å². The fourth-order valence-corrected chi connectivity index (χ4v) is 2.52. The first-order chi connectivity index (χ1) is 10.3. The van der Waals surface area contributed by atoms with Gasteiger partial charge in [0.25, 0.3) is 0 Å². The normalized spacial score (nSPS) is 19.4. The Morgan fingerprint density at radius 3 is 2.77 bits per heavy atom. The van der Waals surface area contributed by atoms with Crippen molar-refractivity contribution >= 4 is 11.7 Å². The average Bonchev–Trinajstić information content (AvgIpc) is 2.46. The number of amides is 1. The largest absolute Gasteiger partial charge is 0.354 e. The zero-order valence-corrected chi connectivity index (χ0v) is 14.4. The summed E-state index contributed by atoms with van der Waals surface area (Å²) in [5.41, 5.74) is -0.345. The molecule has 1 unspecified atom stereocenters. The van der Waals surface area contributed by atoms with Crippen molar-refractivity contribution in [2.24, 2.45) is 5.41 Å². The second-order valence-electron chi connectivity index (χ2n) is 7.44. The average molecular weight is 304 g/mol. The Labute approximate surface area is 133 Å². The minimum absolute atomic E-state index is 0.116. The lowest BCUT2D eigenvalue weighted by Gasteiger charge is -2.35. The van der Waals surface area contributed by atoms with Crippen LogP contribution in [0.4, 0.5) is 5.82 Å². The lowest BCUT2D eigenvalue weighted by molar-refractivity contribution is -0.129. The minimum atomic E-state index is -0.345. The topological polar surface area (TPSA) is 58.1 Å². The van der Waals surface area contributed by atoms with E-state index in [1.54, 1.807) is 0 Å². The van der Waals surface area contributed by atoms with Crippen LogP contribution in [0.25, 0.3) is 0 Å². The van der Waals surface area contributed by atoms with Crippen molar-refractivity contribution in [1.29, 1.82) is 0 Å². The predicted molar refractivity (Wildman–Crippen MR) is 89.0 cm³/mol. The van der Waals surface area contributed by atoms with E-state index >= 15 is 0 Å². The molecule has 2 rings (SSSR count). The molecule has 0 aromatic carbocycles. The number of carbonyl (C=O) groups is 1. The molecule has 1 aromatic rings. The highest BCUT2D eigenvalue weighted by molar-refractivity contribution is 5.81. The lowest BCUT2D eigenvalue weighted by atomic mass is 9.94. The second kappa shape index (κ2) is 6.63. The van der Waals surface area contributed by atoms with E-state index in [9.17, 15) is 4.79 Å². The van der Waals surface area contributed by atoms with Crippen molar-refractivity contribution in [1.82, 2.24) is 15.3 Å². The SMILES string of the molecule is CC(C)c1nccc(N2CCCC(NC(=O)C(C)(C)C)C2)n1. The minimum Gasteiger partial charge on any atom is -0.354 e. The van der Waals surface area contributed by atoms with Crippen LogP contribution in [0.15, 0.2) is 12.3 Å². The molecule has 1 aliphatic rings. The fraction of sp³-hybridized carbons (Fsp3) is 0.706. The Morgan fingerprint density at radius 1 is 1.41 bits per heavy atom. The summed E-state index contributed by atoms with van der Waals surface area (Å²) >= 11 is 0. The molecule has 0 aliphatic carbocycles. The van der Waals surface area contributed by atoms with Crippen LogP contribution in [0.3, 0.4) is 0 Å². The maximum atomic E-state index is 12.2. The van der Waals surface area contributed by atoms with Crippen molar-refractivity contribution in [2.75, 3.05) is 18.0 Å². The quantitative estimate of drug-likeness (QED) is 0.933. The standard InChI is InChI=1S/C17H28N4O/c1-12(2)15-18-9-8-14(20-15)21-10-6-7-13(11-21)19-16(22)17(3,4)5/h8-9,12-13H,6-7,10-11H2,1-5H3,(H,19,22). The smallest absolute Gasteiger partial charge is 0.225 e. The van der Waals surface area contributed by atoms with E-state index in [1.807, 2.05) is 33.0 Å². The molecule has 1 atom stereocenters. The van der Waals surface area contributed by atoms with Gasteiger partial charge >= 0.3 is 0 Å². The van der Waals surface area contributed by atoms with E-state index in [1.165, 1.54) is 0 Å². The maximum absolute atomic E-state index is 12.2. The van der Waals surface area contributed by atoms with Crippen LogP contribution >= 0.6 is 0 Å². The van der Waals surface area contributed by atoms with Crippen LogP contribution in [0.1, 0.15) is 59.2 Å². The number of piperidine rings is 1. The van der Waals surface area contributed by atoms with Gasteiger partial charge in [0.2, 0.25) is 5.91 Å². The Morgan fingerprint density at radius 2 is 2.14 bits per heavy atom. The Balaban J connectivity index is 2.04. The summed E-state index contributed by atoms with van der Waals surface area (Å²) in [5, 5.41) is 3.17. The first-order valence-electron chi connectivity index (χ1n) is 8.16. The molecule has 1 amide bonds. The van der Waals surface area contributed by atoms with Gasteiger partial charge in [-0.1, -0.05) is 34.6 Å². The number of carbonyl (C=O) groups excluding carboxylic acids is 1. The third-order valence-electron chi connectivity index (χ3n) is 3.94. The van der Waals surface area contributed by atoms with E-state index < -0.39 is 0 Å². The molecule has 1 saturated heterocycles. The summed E-state index contributed by atoms with van der Waals surface area (Å²) in [4.78, 5) is 23.4.